The normalized spacial score (nSPS) is 10.8. The molecule has 0 fully saturated rings. The molecule has 1 amide bonds. The van der Waals surface area contributed by atoms with Gasteiger partial charge in [-0.25, -0.2) is 0 Å². The maximum Gasteiger partial charge on any atom is 0.251 e. The molecule has 33 heavy (non-hydrogen) atoms. The second-order valence-corrected chi connectivity index (χ2v) is 7.54. The molecular formula is C26H26N2O5. The summed E-state index contributed by atoms with van der Waals surface area (Å²) in [5, 5.41) is 8.96. The van der Waals surface area contributed by atoms with E-state index in [4.69, 9.17) is 18.7 Å². The molecule has 0 radical (unpaired) electrons. The molecule has 3 aromatic carbocycles. The summed E-state index contributed by atoms with van der Waals surface area (Å²) in [4.78, 5) is 12.6. The van der Waals surface area contributed by atoms with Crippen LogP contribution in [0.3, 0.4) is 0 Å². The molecule has 0 unspecified atom stereocenters. The van der Waals surface area contributed by atoms with Gasteiger partial charge >= 0.3 is 0 Å². The second kappa shape index (κ2) is 10.1. The SMILES string of the molecule is COc1cc(C(=O)NCCOc2cccc3ccccc23)ccc1OCc1c(C)noc1C. The number of amides is 1. The molecule has 0 atom stereocenters. The minimum absolute atomic E-state index is 0.216. The van der Waals surface area contributed by atoms with Crippen molar-refractivity contribution in [3.8, 4) is 17.2 Å². The number of nitrogens with one attached hydrogen (secondary N) is 1. The Balaban J connectivity index is 1.33. The first kappa shape index (κ1) is 22.2. The van der Waals surface area contributed by atoms with Crippen molar-refractivity contribution in [3.05, 3.63) is 83.2 Å². The molecule has 0 spiro atoms. The topological polar surface area (TPSA) is 82.8 Å². The Morgan fingerprint density at radius 2 is 1.79 bits per heavy atom. The summed E-state index contributed by atoms with van der Waals surface area (Å²) < 4.78 is 22.3. The van der Waals surface area contributed by atoms with Crippen LogP contribution in [0.15, 0.2) is 65.2 Å². The third-order valence-electron chi connectivity index (χ3n) is 5.37. The predicted octanol–water partition coefficient (Wildman–Crippen LogP) is 4.84. The van der Waals surface area contributed by atoms with Crippen molar-refractivity contribution in [3.63, 3.8) is 0 Å². The van der Waals surface area contributed by atoms with Crippen LogP contribution in [-0.4, -0.2) is 31.3 Å². The van der Waals surface area contributed by atoms with E-state index in [2.05, 4.69) is 10.5 Å². The molecule has 7 heteroatoms. The summed E-state index contributed by atoms with van der Waals surface area (Å²) in [6.45, 7) is 4.73. The average Bonchev–Trinajstić information content (AvgIpc) is 3.17. The Morgan fingerprint density at radius 1 is 0.970 bits per heavy atom. The van der Waals surface area contributed by atoms with Crippen LogP contribution in [0, 0.1) is 13.8 Å². The molecule has 0 aliphatic carbocycles. The third-order valence-corrected chi connectivity index (χ3v) is 5.37. The number of methoxy groups -OCH3 is 1. The van der Waals surface area contributed by atoms with Crippen LogP contribution in [0.4, 0.5) is 0 Å². The summed E-state index contributed by atoms with van der Waals surface area (Å²) in [5.74, 6) is 2.30. The first-order valence-electron chi connectivity index (χ1n) is 10.7. The maximum absolute atomic E-state index is 12.6. The van der Waals surface area contributed by atoms with E-state index in [9.17, 15) is 4.79 Å². The van der Waals surface area contributed by atoms with Crippen LogP contribution in [0.25, 0.3) is 10.8 Å². The van der Waals surface area contributed by atoms with Crippen LogP contribution >= 0.6 is 0 Å². The van der Waals surface area contributed by atoms with Gasteiger partial charge in [-0.05, 0) is 43.5 Å². The second-order valence-electron chi connectivity index (χ2n) is 7.54. The molecule has 0 saturated heterocycles. The number of nitrogens with zero attached hydrogens (tertiary/aromatic N) is 1. The zero-order valence-electron chi connectivity index (χ0n) is 18.9. The summed E-state index contributed by atoms with van der Waals surface area (Å²) in [5.41, 5.74) is 2.15. The molecular weight excluding hydrogens is 420 g/mol. The third kappa shape index (κ3) is 5.09. The van der Waals surface area contributed by atoms with Crippen LogP contribution in [0.5, 0.6) is 17.2 Å². The largest absolute Gasteiger partial charge is 0.493 e. The smallest absolute Gasteiger partial charge is 0.251 e. The van der Waals surface area contributed by atoms with Crippen molar-refractivity contribution in [1.29, 1.82) is 0 Å². The van der Waals surface area contributed by atoms with Gasteiger partial charge in [-0.2, -0.15) is 0 Å². The summed E-state index contributed by atoms with van der Waals surface area (Å²) >= 11 is 0. The van der Waals surface area contributed by atoms with Gasteiger partial charge in [0.25, 0.3) is 5.91 Å². The number of hydrogen-bond acceptors (Lipinski definition) is 6. The van der Waals surface area contributed by atoms with E-state index in [-0.39, 0.29) is 5.91 Å². The lowest BCUT2D eigenvalue weighted by Gasteiger charge is -2.13. The Hall–Kier alpha value is -4.00. The lowest BCUT2D eigenvalue weighted by molar-refractivity contribution is 0.0946. The van der Waals surface area contributed by atoms with Gasteiger partial charge in [0, 0.05) is 10.9 Å². The highest BCUT2D eigenvalue weighted by molar-refractivity contribution is 5.95. The molecule has 0 bridgehead atoms. The minimum Gasteiger partial charge on any atom is -0.493 e. The monoisotopic (exact) mass is 446 g/mol. The van der Waals surface area contributed by atoms with Gasteiger partial charge in [0.05, 0.1) is 24.9 Å². The minimum atomic E-state index is -0.216. The molecule has 1 aromatic heterocycles. The van der Waals surface area contributed by atoms with E-state index >= 15 is 0 Å². The highest BCUT2D eigenvalue weighted by atomic mass is 16.5. The molecule has 0 saturated carbocycles. The zero-order valence-corrected chi connectivity index (χ0v) is 18.9. The lowest BCUT2D eigenvalue weighted by Crippen LogP contribution is -2.28. The van der Waals surface area contributed by atoms with Gasteiger partial charge in [-0.1, -0.05) is 41.6 Å². The fraction of sp³-hybridized carbons (Fsp3) is 0.231. The van der Waals surface area contributed by atoms with Crippen molar-refractivity contribution in [2.24, 2.45) is 0 Å². The molecule has 4 rings (SSSR count). The quantitative estimate of drug-likeness (QED) is 0.371. The standard InChI is InChI=1S/C26H26N2O5/c1-17-22(18(2)33-28-17)16-32-24-12-11-20(15-25(24)30-3)26(29)27-13-14-31-23-10-6-8-19-7-4-5-9-21(19)23/h4-12,15H,13-14,16H2,1-3H3,(H,27,29). The molecule has 0 aliphatic heterocycles. The number of carbonyl (C=O) groups excluding carboxylic acids is 1. The van der Waals surface area contributed by atoms with E-state index in [1.807, 2.05) is 56.3 Å². The predicted molar refractivity (Wildman–Crippen MR) is 125 cm³/mol. The Labute approximate surface area is 192 Å². The van der Waals surface area contributed by atoms with E-state index in [1.165, 1.54) is 7.11 Å². The first-order chi connectivity index (χ1) is 16.1. The average molecular weight is 447 g/mol. The van der Waals surface area contributed by atoms with Crippen molar-refractivity contribution < 1.29 is 23.5 Å². The molecule has 4 aromatic rings. The van der Waals surface area contributed by atoms with Crippen LogP contribution in [0.1, 0.15) is 27.4 Å². The Bertz CT molecular complexity index is 1240. The van der Waals surface area contributed by atoms with Crippen molar-refractivity contribution in [1.82, 2.24) is 10.5 Å². The molecule has 0 aliphatic rings. The summed E-state index contributed by atoms with van der Waals surface area (Å²) in [6.07, 6.45) is 0. The highest BCUT2D eigenvalue weighted by Gasteiger charge is 2.14. The highest BCUT2D eigenvalue weighted by Crippen LogP contribution is 2.29. The molecule has 170 valence electrons. The van der Waals surface area contributed by atoms with Crippen molar-refractivity contribution in [2.75, 3.05) is 20.3 Å². The molecule has 1 heterocycles. The molecule has 7 nitrogen and oxygen atoms in total. The maximum atomic E-state index is 12.6. The fourth-order valence-corrected chi connectivity index (χ4v) is 3.54. The van der Waals surface area contributed by atoms with Gasteiger partial charge < -0.3 is 24.1 Å². The Morgan fingerprint density at radius 3 is 2.58 bits per heavy atom. The summed E-state index contributed by atoms with van der Waals surface area (Å²) in [7, 11) is 1.54. The zero-order chi connectivity index (χ0) is 23.2. The first-order valence-corrected chi connectivity index (χ1v) is 10.7. The number of benzene rings is 3. The summed E-state index contributed by atoms with van der Waals surface area (Å²) in [6, 6.07) is 19.0. The van der Waals surface area contributed by atoms with E-state index in [0.717, 1.165) is 27.8 Å². The fourth-order valence-electron chi connectivity index (χ4n) is 3.54. The van der Waals surface area contributed by atoms with Crippen molar-refractivity contribution in [2.45, 2.75) is 20.5 Å². The number of aromatic nitrogens is 1. The lowest BCUT2D eigenvalue weighted by atomic mass is 10.1. The van der Waals surface area contributed by atoms with Gasteiger partial charge in [0.2, 0.25) is 0 Å². The van der Waals surface area contributed by atoms with Crippen molar-refractivity contribution >= 4 is 16.7 Å². The number of aryl methyl sites for hydroxylation is 2. The van der Waals surface area contributed by atoms with Gasteiger partial charge in [-0.3, -0.25) is 4.79 Å². The van der Waals surface area contributed by atoms with E-state index in [0.29, 0.717) is 42.6 Å². The van der Waals surface area contributed by atoms with Gasteiger partial charge in [-0.15, -0.1) is 0 Å². The Kier molecular flexibility index (Phi) is 6.78. The molecule has 1 N–H and O–H groups in total. The number of rotatable bonds is 9. The van der Waals surface area contributed by atoms with Gasteiger partial charge in [0.15, 0.2) is 11.5 Å². The van der Waals surface area contributed by atoms with Crippen LogP contribution < -0.4 is 19.5 Å². The number of ether oxygens (including phenoxy) is 3. The van der Waals surface area contributed by atoms with Gasteiger partial charge in [0.1, 0.15) is 24.7 Å². The van der Waals surface area contributed by atoms with E-state index in [1.54, 1.807) is 18.2 Å². The number of fused-ring (bicyclic) bond motifs is 1. The number of hydrogen-bond donors (Lipinski definition) is 1. The number of carbonyl (C=O) groups is 1. The van der Waals surface area contributed by atoms with E-state index < -0.39 is 0 Å². The van der Waals surface area contributed by atoms with Crippen LogP contribution in [0.2, 0.25) is 0 Å². The van der Waals surface area contributed by atoms with Crippen LogP contribution in [-0.2, 0) is 6.61 Å².